The summed E-state index contributed by atoms with van der Waals surface area (Å²) in [4.78, 5) is 13.0. The quantitative estimate of drug-likeness (QED) is 0.448. The maximum Gasteiger partial charge on any atom is 0.290 e. The molecular weight excluding hydrogens is 410 g/mol. The van der Waals surface area contributed by atoms with Crippen molar-refractivity contribution in [3.63, 3.8) is 0 Å². The van der Waals surface area contributed by atoms with E-state index in [4.69, 9.17) is 13.9 Å². The van der Waals surface area contributed by atoms with Crippen molar-refractivity contribution in [1.82, 2.24) is 0 Å². The Balaban J connectivity index is 1.73. The highest BCUT2D eigenvalue weighted by Crippen LogP contribution is 2.42. The van der Waals surface area contributed by atoms with E-state index < -0.39 is 12.2 Å². The monoisotopic (exact) mass is 437 g/mol. The number of phenolic OH excluding ortho intramolecular Hbond substituents is 1. The van der Waals surface area contributed by atoms with E-state index in [1.807, 2.05) is 31.2 Å². The summed E-state index contributed by atoms with van der Waals surface area (Å²) >= 11 is 0. The van der Waals surface area contributed by atoms with Gasteiger partial charge in [0.1, 0.15) is 11.3 Å². The van der Waals surface area contributed by atoms with Gasteiger partial charge in [-0.3, -0.25) is 4.79 Å². The zero-order valence-corrected chi connectivity index (χ0v) is 17.9. The Labute approximate surface area is 186 Å². The first kappa shape index (κ1) is 21.9. The highest BCUT2D eigenvalue weighted by atomic mass is 16.7. The molecule has 0 saturated heterocycles. The molecule has 1 aliphatic heterocycles. The smallest absolute Gasteiger partial charge is 0.290 e. The highest BCUT2D eigenvalue weighted by molar-refractivity contribution is 6.03. The number of allylic oxidation sites excluding steroid dienone is 1. The van der Waals surface area contributed by atoms with Gasteiger partial charge in [-0.2, -0.15) is 0 Å². The Morgan fingerprint density at radius 2 is 1.94 bits per heavy atom. The number of furan rings is 1. The van der Waals surface area contributed by atoms with Gasteiger partial charge in [-0.1, -0.05) is 30.3 Å². The fourth-order valence-electron chi connectivity index (χ4n) is 4.14. The zero-order chi connectivity index (χ0) is 22.5. The molecule has 3 atom stereocenters. The molecule has 7 nitrogen and oxygen atoms in total. The number of hydrogen-bond acceptors (Lipinski definition) is 6. The van der Waals surface area contributed by atoms with E-state index in [-0.39, 0.29) is 30.0 Å². The number of carbonyl (C=O) groups is 1. The molecule has 1 aromatic heterocycles. The molecule has 0 saturated carbocycles. The number of amides is 1. The van der Waals surface area contributed by atoms with E-state index in [0.717, 1.165) is 16.5 Å². The van der Waals surface area contributed by atoms with Gasteiger partial charge in [0.2, 0.25) is 6.29 Å². The van der Waals surface area contributed by atoms with E-state index in [1.165, 1.54) is 6.07 Å². The minimum absolute atomic E-state index is 0.0307. The molecule has 168 valence electrons. The van der Waals surface area contributed by atoms with Crippen LogP contribution in [0.3, 0.4) is 0 Å². The summed E-state index contributed by atoms with van der Waals surface area (Å²) in [7, 11) is 0. The number of ether oxygens (including phenoxy) is 2. The van der Waals surface area contributed by atoms with E-state index in [1.54, 1.807) is 30.5 Å². The van der Waals surface area contributed by atoms with E-state index in [2.05, 4.69) is 5.32 Å². The SMILES string of the molecule is CCO[C@@H]1OC(C(=O)Nc2ccccc2O)=C[C@H](c2coc3ccccc23)[C@H]1CCCO. The van der Waals surface area contributed by atoms with Gasteiger partial charge in [-0.25, -0.2) is 0 Å². The normalized spacial score (nSPS) is 20.6. The van der Waals surface area contributed by atoms with Crippen LogP contribution in [0.4, 0.5) is 5.69 Å². The summed E-state index contributed by atoms with van der Waals surface area (Å²) in [6, 6.07) is 14.3. The maximum absolute atomic E-state index is 13.0. The van der Waals surface area contributed by atoms with E-state index in [0.29, 0.717) is 25.1 Å². The van der Waals surface area contributed by atoms with Crippen molar-refractivity contribution >= 4 is 22.6 Å². The molecule has 1 aliphatic rings. The fraction of sp³-hybridized carbons (Fsp3) is 0.320. The molecule has 3 aromatic rings. The Morgan fingerprint density at radius 3 is 2.72 bits per heavy atom. The van der Waals surface area contributed by atoms with Crippen LogP contribution in [0.1, 0.15) is 31.2 Å². The highest BCUT2D eigenvalue weighted by Gasteiger charge is 2.39. The Morgan fingerprint density at radius 1 is 1.16 bits per heavy atom. The van der Waals surface area contributed by atoms with Gasteiger partial charge < -0.3 is 29.4 Å². The van der Waals surface area contributed by atoms with Crippen LogP contribution in [0.2, 0.25) is 0 Å². The van der Waals surface area contributed by atoms with Crippen LogP contribution in [0.5, 0.6) is 5.75 Å². The molecule has 0 fully saturated rings. The Hall–Kier alpha value is -3.29. The van der Waals surface area contributed by atoms with Gasteiger partial charge in [-0.15, -0.1) is 0 Å². The third-order valence-electron chi connectivity index (χ3n) is 5.66. The van der Waals surface area contributed by atoms with Gasteiger partial charge in [0, 0.05) is 36.0 Å². The van der Waals surface area contributed by atoms with Crippen LogP contribution in [-0.4, -0.2) is 35.6 Å². The van der Waals surface area contributed by atoms with Crippen molar-refractivity contribution in [2.75, 3.05) is 18.5 Å². The van der Waals surface area contributed by atoms with Gasteiger partial charge in [-0.05, 0) is 44.0 Å². The summed E-state index contributed by atoms with van der Waals surface area (Å²) in [5, 5.41) is 23.1. The molecule has 7 heteroatoms. The number of nitrogens with one attached hydrogen (secondary N) is 1. The Bertz CT molecular complexity index is 1100. The van der Waals surface area contributed by atoms with Crippen LogP contribution >= 0.6 is 0 Å². The van der Waals surface area contributed by atoms with Crippen LogP contribution in [-0.2, 0) is 14.3 Å². The fourth-order valence-corrected chi connectivity index (χ4v) is 4.14. The molecule has 0 radical (unpaired) electrons. The number of para-hydroxylation sites is 3. The molecule has 0 aliphatic carbocycles. The average molecular weight is 437 g/mol. The van der Waals surface area contributed by atoms with Crippen molar-refractivity contribution in [1.29, 1.82) is 0 Å². The largest absolute Gasteiger partial charge is 0.506 e. The van der Waals surface area contributed by atoms with Gasteiger partial charge in [0.15, 0.2) is 5.76 Å². The molecule has 2 heterocycles. The third-order valence-corrected chi connectivity index (χ3v) is 5.66. The minimum atomic E-state index is -0.666. The van der Waals surface area contributed by atoms with Crippen LogP contribution in [0.15, 0.2) is 71.0 Å². The van der Waals surface area contributed by atoms with Crippen molar-refractivity contribution in [2.45, 2.75) is 32.0 Å². The minimum Gasteiger partial charge on any atom is -0.506 e. The Kier molecular flexibility index (Phi) is 6.78. The summed E-state index contributed by atoms with van der Waals surface area (Å²) in [5.74, 6) is -0.737. The maximum atomic E-state index is 13.0. The summed E-state index contributed by atoms with van der Waals surface area (Å²) in [6.07, 6.45) is 4.06. The second-order valence-corrected chi connectivity index (χ2v) is 7.69. The number of aromatic hydroxyl groups is 1. The van der Waals surface area contributed by atoms with Crippen molar-refractivity contribution in [3.05, 3.63) is 72.2 Å². The van der Waals surface area contributed by atoms with Crippen LogP contribution < -0.4 is 5.32 Å². The lowest BCUT2D eigenvalue weighted by atomic mass is 9.80. The molecule has 32 heavy (non-hydrogen) atoms. The van der Waals surface area contributed by atoms with Crippen molar-refractivity contribution in [2.24, 2.45) is 5.92 Å². The lowest BCUT2D eigenvalue weighted by Crippen LogP contribution is -2.37. The number of carbonyl (C=O) groups excluding carboxylic acids is 1. The van der Waals surface area contributed by atoms with E-state index in [9.17, 15) is 15.0 Å². The van der Waals surface area contributed by atoms with Gasteiger partial charge >= 0.3 is 0 Å². The predicted molar refractivity (Wildman–Crippen MR) is 120 cm³/mol. The number of phenols is 1. The molecule has 4 rings (SSSR count). The van der Waals surface area contributed by atoms with Crippen LogP contribution in [0.25, 0.3) is 11.0 Å². The average Bonchev–Trinajstić information content (AvgIpc) is 3.23. The van der Waals surface area contributed by atoms with Gasteiger partial charge in [0.05, 0.1) is 12.0 Å². The number of rotatable bonds is 8. The van der Waals surface area contributed by atoms with E-state index >= 15 is 0 Å². The third kappa shape index (κ3) is 4.49. The second kappa shape index (κ2) is 9.89. The molecule has 0 unspecified atom stereocenters. The lowest BCUT2D eigenvalue weighted by molar-refractivity contribution is -0.164. The lowest BCUT2D eigenvalue weighted by Gasteiger charge is -2.36. The number of hydrogen-bond donors (Lipinski definition) is 3. The first-order chi connectivity index (χ1) is 15.6. The van der Waals surface area contributed by atoms with Crippen LogP contribution in [0, 0.1) is 5.92 Å². The standard InChI is InChI=1S/C25H27NO6/c1-2-30-25-17(9-7-13-27)18(19-15-31-22-12-6-3-8-16(19)22)14-23(32-25)24(29)26-20-10-4-5-11-21(20)28/h3-6,8,10-12,14-15,17-18,25,27-28H,2,7,9,13H2,1H3,(H,26,29)/t17-,18+,25-/m1/s1. The summed E-state index contributed by atoms with van der Waals surface area (Å²) in [6.45, 7) is 2.33. The zero-order valence-electron chi connectivity index (χ0n) is 17.9. The first-order valence-corrected chi connectivity index (χ1v) is 10.8. The molecule has 2 aromatic carbocycles. The van der Waals surface area contributed by atoms with Crippen molar-refractivity contribution < 1.29 is 28.9 Å². The van der Waals surface area contributed by atoms with Gasteiger partial charge in [0.25, 0.3) is 5.91 Å². The summed E-state index contributed by atoms with van der Waals surface area (Å²) < 4.78 is 17.6. The second-order valence-electron chi connectivity index (χ2n) is 7.69. The molecular formula is C25H27NO6. The predicted octanol–water partition coefficient (Wildman–Crippen LogP) is 4.53. The number of fused-ring (bicyclic) bond motifs is 1. The summed E-state index contributed by atoms with van der Waals surface area (Å²) in [5.41, 5.74) is 1.99. The topological polar surface area (TPSA) is 101 Å². The first-order valence-electron chi connectivity index (χ1n) is 10.8. The number of benzene rings is 2. The number of aliphatic hydroxyl groups is 1. The number of anilines is 1. The molecule has 0 spiro atoms. The molecule has 0 bridgehead atoms. The number of aliphatic hydroxyl groups excluding tert-OH is 1. The molecule has 1 amide bonds. The van der Waals surface area contributed by atoms with Crippen molar-refractivity contribution in [3.8, 4) is 5.75 Å². The molecule has 3 N–H and O–H groups in total.